The summed E-state index contributed by atoms with van der Waals surface area (Å²) in [4.78, 5) is 17.3. The van der Waals surface area contributed by atoms with E-state index in [0.29, 0.717) is 6.42 Å². The highest BCUT2D eigenvalue weighted by Crippen LogP contribution is 2.29. The molecule has 2 N–H and O–H groups in total. The van der Waals surface area contributed by atoms with Crippen molar-refractivity contribution in [2.24, 2.45) is 0 Å². The average molecular weight is 385 g/mol. The lowest BCUT2D eigenvalue weighted by Crippen LogP contribution is -2.53. The maximum Gasteiger partial charge on any atom is 0.241 e. The Balaban J connectivity index is 1.35. The van der Waals surface area contributed by atoms with Crippen LogP contribution in [0.5, 0.6) is 0 Å². The molecule has 5 nitrogen and oxygen atoms in total. The zero-order valence-electron chi connectivity index (χ0n) is 15.5. The Morgan fingerprint density at radius 3 is 2.44 bits per heavy atom. The molecule has 0 spiro atoms. The van der Waals surface area contributed by atoms with Gasteiger partial charge in [0.1, 0.15) is 6.04 Å². The number of carbonyl (C=O) groups excluding carboxylic acids is 1. The van der Waals surface area contributed by atoms with Crippen LogP contribution in [0.1, 0.15) is 23.6 Å². The van der Waals surface area contributed by atoms with Crippen LogP contribution < -0.4 is 15.8 Å². The maximum absolute atomic E-state index is 12.9. The fourth-order valence-corrected chi connectivity index (χ4v) is 4.25. The number of halogens is 1. The number of amides is 1. The van der Waals surface area contributed by atoms with E-state index in [1.807, 2.05) is 29.2 Å². The van der Waals surface area contributed by atoms with E-state index in [9.17, 15) is 4.79 Å². The lowest BCUT2D eigenvalue weighted by atomic mass is 10.0. The second-order valence-corrected chi connectivity index (χ2v) is 7.66. The number of anilines is 1. The summed E-state index contributed by atoms with van der Waals surface area (Å²) in [6.07, 6.45) is 0.709. The molecule has 2 atom stereocenters. The molecule has 0 aliphatic carbocycles. The first-order chi connectivity index (χ1) is 13.1. The minimum Gasteiger partial charge on any atom is -0.368 e. The number of hydrogen-bond acceptors (Lipinski definition) is 4. The molecule has 2 unspecified atom stereocenters. The van der Waals surface area contributed by atoms with Crippen molar-refractivity contribution in [3.8, 4) is 0 Å². The molecule has 27 heavy (non-hydrogen) atoms. The van der Waals surface area contributed by atoms with Gasteiger partial charge in [-0.05, 0) is 36.6 Å². The summed E-state index contributed by atoms with van der Waals surface area (Å²) in [6, 6.07) is 16.1. The van der Waals surface area contributed by atoms with Crippen LogP contribution in [-0.2, 0) is 4.79 Å². The van der Waals surface area contributed by atoms with Gasteiger partial charge in [-0.1, -0.05) is 48.0 Å². The maximum atomic E-state index is 12.9. The van der Waals surface area contributed by atoms with Gasteiger partial charge in [0.25, 0.3) is 0 Å². The van der Waals surface area contributed by atoms with Crippen molar-refractivity contribution in [1.29, 1.82) is 0 Å². The number of nitrogens with zero attached hydrogens (tertiary/aromatic N) is 2. The lowest BCUT2D eigenvalue weighted by molar-refractivity contribution is -0.133. The van der Waals surface area contributed by atoms with Crippen LogP contribution in [0.4, 0.5) is 5.69 Å². The molecule has 0 radical (unpaired) electrons. The third-order valence-corrected chi connectivity index (χ3v) is 5.87. The monoisotopic (exact) mass is 384 g/mol. The van der Waals surface area contributed by atoms with E-state index in [-0.39, 0.29) is 18.0 Å². The Bertz CT molecular complexity index is 819. The van der Waals surface area contributed by atoms with E-state index in [1.165, 1.54) is 11.3 Å². The van der Waals surface area contributed by atoms with E-state index >= 15 is 0 Å². The van der Waals surface area contributed by atoms with Crippen molar-refractivity contribution in [3.05, 3.63) is 64.7 Å². The molecule has 4 rings (SSSR count). The van der Waals surface area contributed by atoms with Gasteiger partial charge >= 0.3 is 0 Å². The number of rotatable bonds is 3. The molecular weight excluding hydrogens is 360 g/mol. The van der Waals surface area contributed by atoms with E-state index in [0.717, 1.165) is 36.8 Å². The third-order valence-electron chi connectivity index (χ3n) is 5.53. The van der Waals surface area contributed by atoms with Crippen molar-refractivity contribution in [1.82, 2.24) is 15.8 Å². The van der Waals surface area contributed by atoms with Gasteiger partial charge < -0.3 is 9.80 Å². The second-order valence-electron chi connectivity index (χ2n) is 7.25. The number of benzene rings is 2. The third kappa shape index (κ3) is 3.81. The Morgan fingerprint density at radius 1 is 1.00 bits per heavy atom. The number of hydrogen-bond donors (Lipinski definition) is 2. The zero-order chi connectivity index (χ0) is 18.8. The molecule has 0 aromatic heterocycles. The van der Waals surface area contributed by atoms with Gasteiger partial charge in [-0.2, -0.15) is 0 Å². The van der Waals surface area contributed by atoms with Gasteiger partial charge in [-0.25, -0.2) is 10.9 Å². The summed E-state index contributed by atoms with van der Waals surface area (Å²) in [5.41, 5.74) is 9.98. The highest BCUT2D eigenvalue weighted by molar-refractivity contribution is 6.31. The molecule has 2 saturated heterocycles. The van der Waals surface area contributed by atoms with E-state index < -0.39 is 0 Å². The quantitative estimate of drug-likeness (QED) is 0.854. The van der Waals surface area contributed by atoms with Crippen molar-refractivity contribution >= 4 is 23.2 Å². The number of hydrazine groups is 1. The predicted octanol–water partition coefficient (Wildman–Crippen LogP) is 2.90. The molecule has 1 amide bonds. The van der Waals surface area contributed by atoms with Crippen LogP contribution >= 0.6 is 11.6 Å². The molecule has 142 valence electrons. The summed E-state index contributed by atoms with van der Waals surface area (Å²) in [5, 5.41) is 0.733. The van der Waals surface area contributed by atoms with Gasteiger partial charge in [0.15, 0.2) is 0 Å². The van der Waals surface area contributed by atoms with Crippen molar-refractivity contribution < 1.29 is 4.79 Å². The van der Waals surface area contributed by atoms with Crippen LogP contribution in [-0.4, -0.2) is 43.0 Å². The highest BCUT2D eigenvalue weighted by Gasteiger charge is 2.34. The molecule has 2 aromatic rings. The SMILES string of the molecule is Cc1ccccc1N1CCN(C(=O)C2CC(c3ccccc3Cl)NN2)CC1. The summed E-state index contributed by atoms with van der Waals surface area (Å²) in [5.74, 6) is 0.168. The van der Waals surface area contributed by atoms with Crippen LogP contribution in [0.15, 0.2) is 48.5 Å². The van der Waals surface area contributed by atoms with Crippen molar-refractivity contribution in [2.75, 3.05) is 31.1 Å². The molecule has 0 saturated carbocycles. The Kier molecular flexibility index (Phi) is 5.34. The molecule has 2 aliphatic heterocycles. The first kappa shape index (κ1) is 18.3. The number of aryl methyl sites for hydroxylation is 1. The topological polar surface area (TPSA) is 47.6 Å². The molecule has 2 aliphatic rings. The molecule has 0 bridgehead atoms. The largest absolute Gasteiger partial charge is 0.368 e. The fraction of sp³-hybridized carbons (Fsp3) is 0.381. The number of carbonyl (C=O) groups is 1. The minimum absolute atomic E-state index is 0.0564. The van der Waals surface area contributed by atoms with Gasteiger partial charge in [-0.15, -0.1) is 0 Å². The summed E-state index contributed by atoms with van der Waals surface area (Å²) in [6.45, 7) is 5.37. The normalized spacial score (nSPS) is 22.9. The molecule has 2 fully saturated rings. The molecule has 2 aromatic carbocycles. The Labute approximate surface area is 165 Å². The molecule has 6 heteroatoms. The number of nitrogens with one attached hydrogen (secondary N) is 2. The number of para-hydroxylation sites is 1. The second kappa shape index (κ2) is 7.89. The van der Waals surface area contributed by atoms with Crippen LogP contribution in [0.3, 0.4) is 0 Å². The standard InChI is InChI=1S/C21H25ClN4O/c1-15-6-2-5-9-20(15)25-10-12-26(13-11-25)21(27)19-14-18(23-24-19)16-7-3-4-8-17(16)22/h2-9,18-19,23-24H,10-14H2,1H3. The average Bonchev–Trinajstić information content (AvgIpc) is 3.18. The molecule has 2 heterocycles. The zero-order valence-corrected chi connectivity index (χ0v) is 16.2. The van der Waals surface area contributed by atoms with Crippen molar-refractivity contribution in [3.63, 3.8) is 0 Å². The Hall–Kier alpha value is -2.08. The minimum atomic E-state index is -0.212. The lowest BCUT2D eigenvalue weighted by Gasteiger charge is -2.37. The summed E-state index contributed by atoms with van der Waals surface area (Å²) < 4.78 is 0. The highest BCUT2D eigenvalue weighted by atomic mass is 35.5. The van der Waals surface area contributed by atoms with Crippen LogP contribution in [0, 0.1) is 6.92 Å². The van der Waals surface area contributed by atoms with Gasteiger partial charge in [0.05, 0.1) is 0 Å². The van der Waals surface area contributed by atoms with E-state index in [4.69, 9.17) is 11.6 Å². The summed E-state index contributed by atoms with van der Waals surface area (Å²) in [7, 11) is 0. The van der Waals surface area contributed by atoms with E-state index in [2.05, 4.69) is 46.9 Å². The van der Waals surface area contributed by atoms with E-state index in [1.54, 1.807) is 0 Å². The number of piperazine rings is 1. The van der Waals surface area contributed by atoms with Gasteiger partial charge in [0, 0.05) is 42.9 Å². The van der Waals surface area contributed by atoms with Crippen LogP contribution in [0.2, 0.25) is 5.02 Å². The Morgan fingerprint density at radius 2 is 1.70 bits per heavy atom. The van der Waals surface area contributed by atoms with Crippen LogP contribution in [0.25, 0.3) is 0 Å². The van der Waals surface area contributed by atoms with Gasteiger partial charge in [0.2, 0.25) is 5.91 Å². The fourth-order valence-electron chi connectivity index (χ4n) is 3.99. The predicted molar refractivity (Wildman–Crippen MR) is 109 cm³/mol. The van der Waals surface area contributed by atoms with Gasteiger partial charge in [-0.3, -0.25) is 4.79 Å². The van der Waals surface area contributed by atoms with Crippen molar-refractivity contribution in [2.45, 2.75) is 25.4 Å². The first-order valence-electron chi connectivity index (χ1n) is 9.48. The first-order valence-corrected chi connectivity index (χ1v) is 9.86. The summed E-state index contributed by atoms with van der Waals surface area (Å²) >= 11 is 6.30. The smallest absolute Gasteiger partial charge is 0.241 e. The molecular formula is C21H25ClN4O.